The first-order chi connectivity index (χ1) is 9.74. The smallest absolute Gasteiger partial charge is 0.265 e. The first-order valence-electron chi connectivity index (χ1n) is 5.81. The van der Waals surface area contributed by atoms with E-state index in [1.165, 1.54) is 12.1 Å². The Hall–Kier alpha value is -3.09. The van der Waals surface area contributed by atoms with E-state index in [1.807, 2.05) is 0 Å². The van der Waals surface area contributed by atoms with Crippen LogP contribution in [0.5, 0.6) is 0 Å². The Balaban J connectivity index is 1.98. The average Bonchev–Trinajstić information content (AvgIpc) is 2.98. The number of nitrogens with zero attached hydrogens (tertiary/aromatic N) is 4. The molecule has 2 heterocycles. The number of non-ortho nitro benzene ring substituents is 1. The van der Waals surface area contributed by atoms with Gasteiger partial charge in [-0.3, -0.25) is 20.2 Å². The number of benzene rings is 1. The molecule has 20 heavy (non-hydrogen) atoms. The molecule has 0 saturated carbocycles. The molecule has 0 fully saturated rings. The van der Waals surface area contributed by atoms with Crippen LogP contribution in [0, 0.1) is 10.1 Å². The van der Waals surface area contributed by atoms with Crippen LogP contribution in [0.25, 0.3) is 22.8 Å². The number of nitrogens with one attached hydrogen (secondary N) is 1. The van der Waals surface area contributed by atoms with Gasteiger partial charge in [-0.1, -0.05) is 12.1 Å². The van der Waals surface area contributed by atoms with Crippen molar-refractivity contribution in [3.8, 4) is 22.8 Å². The van der Waals surface area contributed by atoms with Crippen LogP contribution in [0.2, 0.25) is 0 Å². The third-order valence-electron chi connectivity index (χ3n) is 2.75. The fraction of sp³-hybridized carbons (Fsp3) is 0. The fourth-order valence-corrected chi connectivity index (χ4v) is 1.79. The standard InChI is InChI=1S/C13H9N5O2/c19-18(20)11-3-1-2-10(8-11)13-15-12(16-17-13)9-4-6-14-7-5-9/h1-8H,(H,15,16,17). The van der Waals surface area contributed by atoms with E-state index in [1.54, 1.807) is 36.7 Å². The van der Waals surface area contributed by atoms with Crippen LogP contribution in [-0.4, -0.2) is 25.1 Å². The second kappa shape index (κ2) is 4.88. The molecule has 0 saturated heterocycles. The number of hydrogen-bond acceptors (Lipinski definition) is 5. The summed E-state index contributed by atoms with van der Waals surface area (Å²) in [6.45, 7) is 0. The normalized spacial score (nSPS) is 10.4. The van der Waals surface area contributed by atoms with Crippen LogP contribution < -0.4 is 0 Å². The van der Waals surface area contributed by atoms with Crippen molar-refractivity contribution >= 4 is 5.69 Å². The van der Waals surface area contributed by atoms with Crippen molar-refractivity contribution in [1.82, 2.24) is 20.2 Å². The predicted octanol–water partition coefficient (Wildman–Crippen LogP) is 2.44. The zero-order valence-electron chi connectivity index (χ0n) is 10.2. The van der Waals surface area contributed by atoms with E-state index in [0.29, 0.717) is 17.2 Å². The van der Waals surface area contributed by atoms with Crippen molar-refractivity contribution in [2.75, 3.05) is 0 Å². The molecule has 0 aliphatic heterocycles. The van der Waals surface area contributed by atoms with Gasteiger partial charge >= 0.3 is 0 Å². The molecule has 0 spiro atoms. The highest BCUT2D eigenvalue weighted by Gasteiger charge is 2.11. The number of aromatic nitrogens is 4. The van der Waals surface area contributed by atoms with Crippen molar-refractivity contribution in [1.29, 1.82) is 0 Å². The summed E-state index contributed by atoms with van der Waals surface area (Å²) in [6.07, 6.45) is 3.32. The van der Waals surface area contributed by atoms with Gasteiger partial charge in [0.1, 0.15) is 0 Å². The second-order valence-electron chi connectivity index (χ2n) is 4.05. The number of nitro benzene ring substituents is 1. The zero-order valence-corrected chi connectivity index (χ0v) is 10.2. The molecule has 3 aromatic rings. The van der Waals surface area contributed by atoms with Gasteiger partial charge in [-0.05, 0) is 12.1 Å². The van der Waals surface area contributed by atoms with E-state index < -0.39 is 4.92 Å². The fourth-order valence-electron chi connectivity index (χ4n) is 1.79. The summed E-state index contributed by atoms with van der Waals surface area (Å²) in [4.78, 5) is 18.6. The lowest BCUT2D eigenvalue weighted by Crippen LogP contribution is -1.88. The van der Waals surface area contributed by atoms with Gasteiger partial charge in [-0.25, -0.2) is 4.98 Å². The van der Waals surface area contributed by atoms with Gasteiger partial charge in [0.05, 0.1) is 4.92 Å². The second-order valence-corrected chi connectivity index (χ2v) is 4.05. The van der Waals surface area contributed by atoms with Gasteiger partial charge in [0.2, 0.25) is 0 Å². The summed E-state index contributed by atoms with van der Waals surface area (Å²) < 4.78 is 0. The SMILES string of the molecule is O=[N+]([O-])c1cccc(-c2n[nH]c(-c3ccncc3)n2)c1. The maximum absolute atomic E-state index is 10.8. The third-order valence-corrected chi connectivity index (χ3v) is 2.75. The molecular weight excluding hydrogens is 258 g/mol. The Labute approximate surface area is 113 Å². The van der Waals surface area contributed by atoms with Gasteiger partial charge in [-0.15, -0.1) is 0 Å². The molecule has 0 atom stereocenters. The van der Waals surface area contributed by atoms with Crippen molar-refractivity contribution in [3.05, 3.63) is 58.9 Å². The summed E-state index contributed by atoms with van der Waals surface area (Å²) >= 11 is 0. The lowest BCUT2D eigenvalue weighted by molar-refractivity contribution is -0.384. The number of aromatic amines is 1. The lowest BCUT2D eigenvalue weighted by atomic mass is 10.2. The highest BCUT2D eigenvalue weighted by atomic mass is 16.6. The monoisotopic (exact) mass is 267 g/mol. The number of rotatable bonds is 3. The molecule has 1 aromatic carbocycles. The molecule has 0 radical (unpaired) electrons. The average molecular weight is 267 g/mol. The topological polar surface area (TPSA) is 97.6 Å². The predicted molar refractivity (Wildman–Crippen MR) is 71.7 cm³/mol. The molecule has 0 unspecified atom stereocenters. The van der Waals surface area contributed by atoms with Gasteiger partial charge in [0, 0.05) is 35.7 Å². The van der Waals surface area contributed by atoms with Crippen molar-refractivity contribution in [2.24, 2.45) is 0 Å². The number of nitro groups is 1. The number of pyridine rings is 1. The van der Waals surface area contributed by atoms with Gasteiger partial charge in [0.25, 0.3) is 5.69 Å². The molecule has 2 aromatic heterocycles. The van der Waals surface area contributed by atoms with Crippen LogP contribution >= 0.6 is 0 Å². The molecule has 0 aliphatic rings. The minimum absolute atomic E-state index is 0.0118. The molecule has 0 bridgehead atoms. The minimum Gasteiger partial charge on any atom is -0.265 e. The summed E-state index contributed by atoms with van der Waals surface area (Å²) in [5.41, 5.74) is 1.46. The van der Waals surface area contributed by atoms with Crippen LogP contribution in [0.4, 0.5) is 5.69 Å². The molecule has 1 N–H and O–H groups in total. The Morgan fingerprint density at radius 3 is 2.65 bits per heavy atom. The van der Waals surface area contributed by atoms with E-state index in [2.05, 4.69) is 20.2 Å². The van der Waals surface area contributed by atoms with Crippen LogP contribution in [-0.2, 0) is 0 Å². The largest absolute Gasteiger partial charge is 0.270 e. The maximum Gasteiger partial charge on any atom is 0.270 e. The molecule has 98 valence electrons. The third kappa shape index (κ3) is 2.24. The summed E-state index contributed by atoms with van der Waals surface area (Å²) in [6, 6.07) is 9.82. The summed E-state index contributed by atoms with van der Waals surface area (Å²) in [5, 5.41) is 17.7. The molecule has 0 aliphatic carbocycles. The highest BCUT2D eigenvalue weighted by Crippen LogP contribution is 2.22. The first-order valence-corrected chi connectivity index (χ1v) is 5.81. The molecule has 0 amide bonds. The van der Waals surface area contributed by atoms with E-state index in [4.69, 9.17) is 0 Å². The Bertz CT molecular complexity index is 754. The molecular formula is C13H9N5O2. The van der Waals surface area contributed by atoms with E-state index in [9.17, 15) is 10.1 Å². The van der Waals surface area contributed by atoms with E-state index in [0.717, 1.165) is 5.56 Å². The number of hydrogen-bond donors (Lipinski definition) is 1. The van der Waals surface area contributed by atoms with Crippen LogP contribution in [0.1, 0.15) is 0 Å². The molecule has 3 rings (SSSR count). The molecule has 7 heteroatoms. The van der Waals surface area contributed by atoms with Gasteiger partial charge < -0.3 is 0 Å². The number of H-pyrrole nitrogens is 1. The quantitative estimate of drug-likeness (QED) is 0.580. The van der Waals surface area contributed by atoms with Gasteiger partial charge in [-0.2, -0.15) is 5.10 Å². The van der Waals surface area contributed by atoms with Crippen LogP contribution in [0.15, 0.2) is 48.8 Å². The van der Waals surface area contributed by atoms with Crippen molar-refractivity contribution < 1.29 is 4.92 Å². The first kappa shape index (κ1) is 12.0. The van der Waals surface area contributed by atoms with E-state index >= 15 is 0 Å². The zero-order chi connectivity index (χ0) is 13.9. The Morgan fingerprint density at radius 1 is 1.10 bits per heavy atom. The van der Waals surface area contributed by atoms with Crippen molar-refractivity contribution in [2.45, 2.75) is 0 Å². The van der Waals surface area contributed by atoms with Crippen molar-refractivity contribution in [3.63, 3.8) is 0 Å². The maximum atomic E-state index is 10.8. The Morgan fingerprint density at radius 2 is 1.90 bits per heavy atom. The van der Waals surface area contributed by atoms with E-state index in [-0.39, 0.29) is 5.69 Å². The molecule has 7 nitrogen and oxygen atoms in total. The highest BCUT2D eigenvalue weighted by molar-refractivity contribution is 5.62. The lowest BCUT2D eigenvalue weighted by Gasteiger charge is -1.95. The van der Waals surface area contributed by atoms with Crippen LogP contribution in [0.3, 0.4) is 0 Å². The summed E-state index contributed by atoms with van der Waals surface area (Å²) in [7, 11) is 0. The minimum atomic E-state index is -0.445. The van der Waals surface area contributed by atoms with Gasteiger partial charge in [0.15, 0.2) is 11.6 Å². The Kier molecular flexibility index (Phi) is 2.92. The summed E-state index contributed by atoms with van der Waals surface area (Å²) in [5.74, 6) is 1.01.